The van der Waals surface area contributed by atoms with E-state index in [0.717, 1.165) is 25.9 Å². The Balaban J connectivity index is 1.95. The normalized spacial score (nSPS) is 16.4. The Kier molecular flexibility index (Phi) is 6.40. The molecular formula is C17H24N2O3. The van der Waals surface area contributed by atoms with Gasteiger partial charge >= 0.3 is 5.97 Å². The molecule has 1 aliphatic rings. The van der Waals surface area contributed by atoms with Gasteiger partial charge in [0.1, 0.15) is 0 Å². The molecule has 2 rings (SSSR count). The van der Waals surface area contributed by atoms with Crippen LogP contribution in [0.2, 0.25) is 0 Å². The van der Waals surface area contributed by atoms with Crippen LogP contribution in [0.1, 0.15) is 42.5 Å². The standard InChI is InChI=1S/C17H24N2O3/c1-22-17(21)14-9-5-6-10-15(14)18-16(20)13-19-11-7-3-2-4-8-12-19/h5-6,9-10H,2-4,7-8,11-13H2,1H3,(H,18,20). The van der Waals surface area contributed by atoms with E-state index in [4.69, 9.17) is 4.74 Å². The zero-order valence-corrected chi connectivity index (χ0v) is 13.1. The zero-order valence-electron chi connectivity index (χ0n) is 13.1. The summed E-state index contributed by atoms with van der Waals surface area (Å²) in [6.45, 7) is 2.30. The summed E-state index contributed by atoms with van der Waals surface area (Å²) in [6.07, 6.45) is 6.07. The second-order valence-corrected chi connectivity index (χ2v) is 5.63. The van der Waals surface area contributed by atoms with E-state index in [1.165, 1.54) is 26.4 Å². The van der Waals surface area contributed by atoms with Crippen LogP contribution in [0.5, 0.6) is 0 Å². The first-order chi connectivity index (χ1) is 10.7. The van der Waals surface area contributed by atoms with Crippen LogP contribution in [0.25, 0.3) is 0 Å². The fourth-order valence-corrected chi connectivity index (χ4v) is 2.74. The van der Waals surface area contributed by atoms with Crippen molar-refractivity contribution >= 4 is 17.6 Å². The maximum Gasteiger partial charge on any atom is 0.339 e. The zero-order chi connectivity index (χ0) is 15.8. The fourth-order valence-electron chi connectivity index (χ4n) is 2.74. The summed E-state index contributed by atoms with van der Waals surface area (Å²) in [5.74, 6) is -0.529. The molecule has 0 bridgehead atoms. The van der Waals surface area contributed by atoms with Crippen LogP contribution in [0, 0.1) is 0 Å². The van der Waals surface area contributed by atoms with Crippen molar-refractivity contribution in [2.45, 2.75) is 32.1 Å². The first-order valence-electron chi connectivity index (χ1n) is 7.90. The lowest BCUT2D eigenvalue weighted by molar-refractivity contribution is -0.117. The van der Waals surface area contributed by atoms with Crippen LogP contribution in [-0.2, 0) is 9.53 Å². The van der Waals surface area contributed by atoms with Gasteiger partial charge in [-0.3, -0.25) is 9.69 Å². The van der Waals surface area contributed by atoms with Crippen molar-refractivity contribution in [1.82, 2.24) is 4.90 Å². The van der Waals surface area contributed by atoms with Crippen LogP contribution >= 0.6 is 0 Å². The summed E-state index contributed by atoms with van der Waals surface area (Å²) >= 11 is 0. The topological polar surface area (TPSA) is 58.6 Å². The predicted octanol–water partition coefficient (Wildman–Crippen LogP) is 2.68. The maximum absolute atomic E-state index is 12.2. The van der Waals surface area contributed by atoms with Gasteiger partial charge in [0.05, 0.1) is 24.9 Å². The molecule has 0 aromatic heterocycles. The van der Waals surface area contributed by atoms with Gasteiger partial charge in [0.25, 0.3) is 0 Å². The van der Waals surface area contributed by atoms with E-state index in [-0.39, 0.29) is 5.91 Å². The van der Waals surface area contributed by atoms with E-state index in [1.807, 2.05) is 0 Å². The quantitative estimate of drug-likeness (QED) is 0.869. The molecule has 22 heavy (non-hydrogen) atoms. The van der Waals surface area contributed by atoms with Gasteiger partial charge in [-0.05, 0) is 38.1 Å². The summed E-state index contributed by atoms with van der Waals surface area (Å²) in [6, 6.07) is 6.91. The lowest BCUT2D eigenvalue weighted by Gasteiger charge is -2.23. The average Bonchev–Trinajstić information content (AvgIpc) is 2.49. The van der Waals surface area contributed by atoms with Crippen molar-refractivity contribution in [2.75, 3.05) is 32.1 Å². The Morgan fingerprint density at radius 1 is 1.09 bits per heavy atom. The molecule has 0 spiro atoms. The maximum atomic E-state index is 12.2. The molecule has 1 aromatic carbocycles. The molecule has 0 saturated carbocycles. The highest BCUT2D eigenvalue weighted by Crippen LogP contribution is 2.16. The van der Waals surface area contributed by atoms with Gasteiger partial charge in [0, 0.05) is 0 Å². The van der Waals surface area contributed by atoms with E-state index in [9.17, 15) is 9.59 Å². The minimum absolute atomic E-state index is 0.0862. The molecule has 1 N–H and O–H groups in total. The van der Waals surface area contributed by atoms with Crippen molar-refractivity contribution in [3.8, 4) is 0 Å². The second kappa shape index (κ2) is 8.54. The molecule has 0 radical (unpaired) electrons. The number of ether oxygens (including phenoxy) is 1. The average molecular weight is 304 g/mol. The number of likely N-dealkylation sites (tertiary alicyclic amines) is 1. The Labute approximate surface area is 131 Å². The minimum atomic E-state index is -0.442. The summed E-state index contributed by atoms with van der Waals surface area (Å²) in [5, 5.41) is 2.83. The molecule has 120 valence electrons. The van der Waals surface area contributed by atoms with Gasteiger partial charge in [0.15, 0.2) is 0 Å². The molecule has 1 heterocycles. The number of benzene rings is 1. The summed E-state index contributed by atoms with van der Waals surface area (Å²) in [7, 11) is 1.33. The lowest BCUT2D eigenvalue weighted by atomic mass is 10.1. The van der Waals surface area contributed by atoms with E-state index in [0.29, 0.717) is 17.8 Å². The Hall–Kier alpha value is -1.88. The number of esters is 1. The molecule has 0 atom stereocenters. The predicted molar refractivity (Wildman–Crippen MR) is 85.9 cm³/mol. The highest BCUT2D eigenvalue weighted by molar-refractivity contribution is 6.01. The van der Waals surface area contributed by atoms with Gasteiger partial charge < -0.3 is 10.1 Å². The molecule has 1 aliphatic heterocycles. The first-order valence-corrected chi connectivity index (χ1v) is 7.90. The van der Waals surface area contributed by atoms with Crippen LogP contribution in [0.3, 0.4) is 0 Å². The molecule has 1 fully saturated rings. The second-order valence-electron chi connectivity index (χ2n) is 5.63. The van der Waals surface area contributed by atoms with Crippen LogP contribution in [0.15, 0.2) is 24.3 Å². The molecule has 5 heteroatoms. The Bertz CT molecular complexity index is 508. The number of carbonyl (C=O) groups is 2. The molecule has 5 nitrogen and oxygen atoms in total. The van der Waals surface area contributed by atoms with Gasteiger partial charge in [-0.15, -0.1) is 0 Å². The number of methoxy groups -OCH3 is 1. The number of nitrogens with zero attached hydrogens (tertiary/aromatic N) is 1. The number of nitrogens with one attached hydrogen (secondary N) is 1. The number of rotatable bonds is 4. The van der Waals surface area contributed by atoms with Gasteiger partial charge in [-0.25, -0.2) is 4.79 Å². The molecule has 0 aliphatic carbocycles. The molecule has 1 saturated heterocycles. The first kappa shape index (κ1) is 16.5. The number of amides is 1. The summed E-state index contributed by atoms with van der Waals surface area (Å²) in [4.78, 5) is 26.1. The number of carbonyl (C=O) groups excluding carboxylic acids is 2. The van der Waals surface area contributed by atoms with E-state index >= 15 is 0 Å². The Morgan fingerprint density at radius 2 is 1.73 bits per heavy atom. The van der Waals surface area contributed by atoms with Crippen molar-refractivity contribution < 1.29 is 14.3 Å². The van der Waals surface area contributed by atoms with Crippen molar-refractivity contribution in [2.24, 2.45) is 0 Å². The van der Waals surface area contributed by atoms with Crippen LogP contribution in [0.4, 0.5) is 5.69 Å². The van der Waals surface area contributed by atoms with E-state index in [1.54, 1.807) is 24.3 Å². The van der Waals surface area contributed by atoms with Gasteiger partial charge in [0.2, 0.25) is 5.91 Å². The lowest BCUT2D eigenvalue weighted by Crippen LogP contribution is -2.35. The van der Waals surface area contributed by atoms with E-state index < -0.39 is 5.97 Å². The highest BCUT2D eigenvalue weighted by atomic mass is 16.5. The number of anilines is 1. The van der Waals surface area contributed by atoms with Crippen molar-refractivity contribution in [3.63, 3.8) is 0 Å². The third-order valence-electron chi connectivity index (χ3n) is 3.92. The number of hydrogen-bond donors (Lipinski definition) is 1. The van der Waals surface area contributed by atoms with E-state index in [2.05, 4.69) is 10.2 Å². The van der Waals surface area contributed by atoms with Crippen molar-refractivity contribution in [3.05, 3.63) is 29.8 Å². The van der Waals surface area contributed by atoms with Gasteiger partial charge in [-0.2, -0.15) is 0 Å². The van der Waals surface area contributed by atoms with Crippen molar-refractivity contribution in [1.29, 1.82) is 0 Å². The van der Waals surface area contributed by atoms with Crippen LogP contribution < -0.4 is 5.32 Å². The molecule has 1 aromatic rings. The SMILES string of the molecule is COC(=O)c1ccccc1NC(=O)CN1CCCCCCC1. The largest absolute Gasteiger partial charge is 0.465 e. The number of hydrogen-bond acceptors (Lipinski definition) is 4. The minimum Gasteiger partial charge on any atom is -0.465 e. The number of para-hydroxylation sites is 1. The molecular weight excluding hydrogens is 280 g/mol. The third kappa shape index (κ3) is 4.84. The smallest absolute Gasteiger partial charge is 0.339 e. The molecule has 1 amide bonds. The monoisotopic (exact) mass is 304 g/mol. The van der Waals surface area contributed by atoms with Gasteiger partial charge in [-0.1, -0.05) is 31.4 Å². The Morgan fingerprint density at radius 3 is 2.41 bits per heavy atom. The van der Waals surface area contributed by atoms with Crippen LogP contribution in [-0.4, -0.2) is 43.5 Å². The summed E-state index contributed by atoms with van der Waals surface area (Å²) < 4.78 is 4.74. The molecule has 0 unspecified atom stereocenters. The highest BCUT2D eigenvalue weighted by Gasteiger charge is 2.16. The third-order valence-corrected chi connectivity index (χ3v) is 3.92. The fraction of sp³-hybridized carbons (Fsp3) is 0.529. The summed E-state index contributed by atoms with van der Waals surface area (Å²) in [5.41, 5.74) is 0.886.